The van der Waals surface area contributed by atoms with Gasteiger partial charge in [-0.25, -0.2) is 4.79 Å². The smallest absolute Gasteiger partial charge is 0.315 e. The van der Waals surface area contributed by atoms with Crippen LogP contribution in [0, 0.1) is 5.92 Å². The molecule has 2 atom stereocenters. The Morgan fingerprint density at radius 2 is 2.19 bits per heavy atom. The number of amides is 2. The Kier molecular flexibility index (Phi) is 5.94. The van der Waals surface area contributed by atoms with Crippen LogP contribution in [0.15, 0.2) is 29.2 Å². The molecule has 1 aromatic rings. The number of hydrogen-bond acceptors (Lipinski definition) is 3. The van der Waals surface area contributed by atoms with Gasteiger partial charge in [-0.3, -0.25) is 0 Å². The molecular weight excluding hydrogens is 284 g/mol. The van der Waals surface area contributed by atoms with Crippen LogP contribution >= 0.6 is 11.8 Å². The average molecular weight is 308 g/mol. The second-order valence-electron chi connectivity index (χ2n) is 5.85. The Balaban J connectivity index is 1.94. The van der Waals surface area contributed by atoms with Gasteiger partial charge in [0.05, 0.1) is 18.7 Å². The van der Waals surface area contributed by atoms with Crippen LogP contribution in [-0.4, -0.2) is 29.5 Å². The van der Waals surface area contributed by atoms with Crippen LogP contribution in [0.25, 0.3) is 0 Å². The van der Waals surface area contributed by atoms with E-state index in [2.05, 4.69) is 36.6 Å². The molecule has 0 aromatic heterocycles. The number of thioether (sulfide) groups is 1. The standard InChI is InChI=1S/C16H24N2O2S/c1-11(2)9-12(10-19)17-16(20)18-14-7-8-21-15-6-4-3-5-13(14)15/h3-6,11-12,14,19H,7-10H2,1-2H3,(H2,17,18,20). The third-order valence-electron chi connectivity index (χ3n) is 3.58. The SMILES string of the molecule is CC(C)CC(CO)NC(=O)NC1CCSc2ccccc21. The van der Waals surface area contributed by atoms with Crippen LogP contribution in [0.4, 0.5) is 4.79 Å². The second kappa shape index (κ2) is 7.71. The van der Waals surface area contributed by atoms with Crippen molar-refractivity contribution in [3.05, 3.63) is 29.8 Å². The molecule has 4 nitrogen and oxygen atoms in total. The van der Waals surface area contributed by atoms with Crippen LogP contribution < -0.4 is 10.6 Å². The summed E-state index contributed by atoms with van der Waals surface area (Å²) < 4.78 is 0. The van der Waals surface area contributed by atoms with Gasteiger partial charge in [0.1, 0.15) is 0 Å². The monoisotopic (exact) mass is 308 g/mol. The topological polar surface area (TPSA) is 61.4 Å². The first kappa shape index (κ1) is 16.2. The highest BCUT2D eigenvalue weighted by Gasteiger charge is 2.22. The van der Waals surface area contributed by atoms with Gasteiger partial charge in [-0.2, -0.15) is 0 Å². The van der Waals surface area contributed by atoms with E-state index in [0.717, 1.165) is 18.6 Å². The molecule has 0 fully saturated rings. The lowest BCUT2D eigenvalue weighted by molar-refractivity contribution is 0.204. The number of benzene rings is 1. The molecular formula is C16H24N2O2S. The summed E-state index contributed by atoms with van der Waals surface area (Å²) in [6.45, 7) is 4.14. The molecule has 3 N–H and O–H groups in total. The molecule has 0 saturated carbocycles. The number of rotatable bonds is 5. The molecule has 2 amide bonds. The zero-order valence-corrected chi connectivity index (χ0v) is 13.5. The number of fused-ring (bicyclic) bond motifs is 1. The van der Waals surface area contributed by atoms with E-state index < -0.39 is 0 Å². The molecule has 5 heteroatoms. The summed E-state index contributed by atoms with van der Waals surface area (Å²) in [5, 5.41) is 15.2. The summed E-state index contributed by atoms with van der Waals surface area (Å²) in [6.07, 6.45) is 1.71. The Bertz CT molecular complexity index is 479. The van der Waals surface area contributed by atoms with Gasteiger partial charge in [-0.05, 0) is 30.4 Å². The first-order valence-electron chi connectivity index (χ1n) is 7.49. The second-order valence-corrected chi connectivity index (χ2v) is 6.99. The van der Waals surface area contributed by atoms with Gasteiger partial charge >= 0.3 is 6.03 Å². The van der Waals surface area contributed by atoms with E-state index in [0.29, 0.717) is 5.92 Å². The number of carbonyl (C=O) groups excluding carboxylic acids is 1. The molecule has 2 rings (SSSR count). The normalized spacial score (nSPS) is 19.0. The average Bonchev–Trinajstić information content (AvgIpc) is 2.46. The van der Waals surface area contributed by atoms with Crippen molar-refractivity contribution in [3.63, 3.8) is 0 Å². The van der Waals surface area contributed by atoms with E-state index in [1.165, 1.54) is 10.5 Å². The minimum Gasteiger partial charge on any atom is -0.394 e. The van der Waals surface area contributed by atoms with Crippen molar-refractivity contribution in [2.24, 2.45) is 5.92 Å². The number of hydrogen-bond donors (Lipinski definition) is 3. The van der Waals surface area contributed by atoms with Crippen LogP contribution in [0.2, 0.25) is 0 Å². The number of urea groups is 1. The van der Waals surface area contributed by atoms with Crippen molar-refractivity contribution >= 4 is 17.8 Å². The van der Waals surface area contributed by atoms with Crippen molar-refractivity contribution in [1.82, 2.24) is 10.6 Å². The molecule has 1 aliphatic rings. The van der Waals surface area contributed by atoms with Crippen molar-refractivity contribution in [1.29, 1.82) is 0 Å². The predicted molar refractivity (Wildman–Crippen MR) is 86.5 cm³/mol. The fraction of sp³-hybridized carbons (Fsp3) is 0.562. The Labute approximate surface area is 130 Å². The number of carbonyl (C=O) groups is 1. The van der Waals surface area contributed by atoms with Gasteiger partial charge in [0.15, 0.2) is 0 Å². The summed E-state index contributed by atoms with van der Waals surface area (Å²) in [4.78, 5) is 13.4. The summed E-state index contributed by atoms with van der Waals surface area (Å²) in [5.41, 5.74) is 1.19. The maximum absolute atomic E-state index is 12.1. The molecule has 116 valence electrons. The number of aliphatic hydroxyl groups is 1. The van der Waals surface area contributed by atoms with Gasteiger partial charge < -0.3 is 15.7 Å². The molecule has 0 bridgehead atoms. The first-order valence-corrected chi connectivity index (χ1v) is 8.48. The van der Waals surface area contributed by atoms with Gasteiger partial charge in [0.25, 0.3) is 0 Å². The maximum atomic E-state index is 12.1. The summed E-state index contributed by atoms with van der Waals surface area (Å²) in [6, 6.07) is 7.89. The Morgan fingerprint density at radius 1 is 1.43 bits per heavy atom. The molecule has 0 radical (unpaired) electrons. The molecule has 1 aliphatic heterocycles. The predicted octanol–water partition coefficient (Wildman–Crippen LogP) is 2.93. The van der Waals surface area contributed by atoms with Gasteiger partial charge in [0, 0.05) is 10.6 Å². The summed E-state index contributed by atoms with van der Waals surface area (Å²) in [7, 11) is 0. The lowest BCUT2D eigenvalue weighted by Gasteiger charge is -2.27. The largest absolute Gasteiger partial charge is 0.394 e. The van der Waals surface area contributed by atoms with Crippen LogP contribution in [-0.2, 0) is 0 Å². The van der Waals surface area contributed by atoms with E-state index in [4.69, 9.17) is 0 Å². The van der Waals surface area contributed by atoms with Crippen molar-refractivity contribution < 1.29 is 9.90 Å². The third-order valence-corrected chi connectivity index (χ3v) is 4.70. The fourth-order valence-corrected chi connectivity index (χ4v) is 3.75. The van der Waals surface area contributed by atoms with E-state index in [1.54, 1.807) is 0 Å². The molecule has 1 aromatic carbocycles. The van der Waals surface area contributed by atoms with Crippen LogP contribution in [0.5, 0.6) is 0 Å². The van der Waals surface area contributed by atoms with Crippen molar-refractivity contribution in [3.8, 4) is 0 Å². The quantitative estimate of drug-likeness (QED) is 0.784. The summed E-state index contributed by atoms with van der Waals surface area (Å²) >= 11 is 1.83. The Hall–Kier alpha value is -1.20. The highest BCUT2D eigenvalue weighted by atomic mass is 32.2. The molecule has 2 unspecified atom stereocenters. The van der Waals surface area contributed by atoms with Crippen LogP contribution in [0.1, 0.15) is 38.3 Å². The number of nitrogens with one attached hydrogen (secondary N) is 2. The van der Waals surface area contributed by atoms with Crippen molar-refractivity contribution in [2.75, 3.05) is 12.4 Å². The molecule has 21 heavy (non-hydrogen) atoms. The van der Waals surface area contributed by atoms with E-state index >= 15 is 0 Å². The molecule has 1 heterocycles. The first-order chi connectivity index (χ1) is 10.1. The minimum absolute atomic E-state index is 0.0251. The highest BCUT2D eigenvalue weighted by molar-refractivity contribution is 7.99. The fourth-order valence-electron chi connectivity index (χ4n) is 2.63. The summed E-state index contributed by atoms with van der Waals surface area (Å²) in [5.74, 6) is 1.45. The third kappa shape index (κ3) is 4.64. The number of aliphatic hydroxyl groups excluding tert-OH is 1. The van der Waals surface area contributed by atoms with Crippen molar-refractivity contribution in [2.45, 2.75) is 43.7 Å². The van der Waals surface area contributed by atoms with Gasteiger partial charge in [-0.1, -0.05) is 32.0 Å². The zero-order chi connectivity index (χ0) is 15.2. The lowest BCUT2D eigenvalue weighted by Crippen LogP contribution is -2.46. The minimum atomic E-state index is -0.193. The van der Waals surface area contributed by atoms with Gasteiger partial charge in [0.2, 0.25) is 0 Å². The molecule has 0 aliphatic carbocycles. The molecule has 0 saturated heterocycles. The highest BCUT2D eigenvalue weighted by Crippen LogP contribution is 2.35. The Morgan fingerprint density at radius 3 is 2.90 bits per heavy atom. The van der Waals surface area contributed by atoms with E-state index in [1.807, 2.05) is 23.9 Å². The molecule has 0 spiro atoms. The van der Waals surface area contributed by atoms with E-state index in [-0.39, 0.29) is 24.7 Å². The lowest BCUT2D eigenvalue weighted by atomic mass is 10.0. The van der Waals surface area contributed by atoms with Crippen LogP contribution in [0.3, 0.4) is 0 Å². The van der Waals surface area contributed by atoms with Gasteiger partial charge in [-0.15, -0.1) is 11.8 Å². The zero-order valence-electron chi connectivity index (χ0n) is 12.6. The maximum Gasteiger partial charge on any atom is 0.315 e. The van der Waals surface area contributed by atoms with E-state index in [9.17, 15) is 9.90 Å².